The molecule has 0 spiro atoms. The van der Waals surface area contributed by atoms with Gasteiger partial charge in [-0.05, 0) is 26.0 Å². The Hall–Kier alpha value is -1.20. The third-order valence-corrected chi connectivity index (χ3v) is 3.37. The summed E-state index contributed by atoms with van der Waals surface area (Å²) in [6, 6.07) is 4.75. The van der Waals surface area contributed by atoms with Crippen molar-refractivity contribution in [3.63, 3.8) is 0 Å². The zero-order valence-corrected chi connectivity index (χ0v) is 10.4. The summed E-state index contributed by atoms with van der Waals surface area (Å²) in [6.07, 6.45) is 3.49. The summed E-state index contributed by atoms with van der Waals surface area (Å²) in [6.45, 7) is 6.13. The van der Waals surface area contributed by atoms with Crippen LogP contribution in [0.15, 0.2) is 24.8 Å². The molecule has 0 aromatic carbocycles. The van der Waals surface area contributed by atoms with Gasteiger partial charge in [-0.2, -0.15) is 0 Å². The van der Waals surface area contributed by atoms with Crippen molar-refractivity contribution in [1.82, 2.24) is 20.1 Å². The van der Waals surface area contributed by atoms with E-state index in [1.165, 1.54) is 9.75 Å². The molecule has 2 aromatic rings. The summed E-state index contributed by atoms with van der Waals surface area (Å²) in [5.74, 6) is 0. The van der Waals surface area contributed by atoms with Crippen molar-refractivity contribution < 1.29 is 0 Å². The zero-order valence-electron chi connectivity index (χ0n) is 9.55. The van der Waals surface area contributed by atoms with E-state index >= 15 is 0 Å². The van der Waals surface area contributed by atoms with Crippen molar-refractivity contribution in [1.29, 1.82) is 0 Å². The molecule has 0 radical (unpaired) electrons. The van der Waals surface area contributed by atoms with Crippen molar-refractivity contribution in [2.45, 2.75) is 33.0 Å². The van der Waals surface area contributed by atoms with Crippen LogP contribution in [0.25, 0.3) is 0 Å². The molecule has 0 aliphatic carbocycles. The quantitative estimate of drug-likeness (QED) is 0.861. The first-order valence-electron chi connectivity index (χ1n) is 5.35. The van der Waals surface area contributed by atoms with Crippen LogP contribution in [-0.2, 0) is 13.1 Å². The Balaban J connectivity index is 1.77. The highest BCUT2D eigenvalue weighted by molar-refractivity contribution is 7.11. The molecule has 0 saturated heterocycles. The summed E-state index contributed by atoms with van der Waals surface area (Å²) in [5, 5.41) is 11.1. The second-order valence-electron chi connectivity index (χ2n) is 3.95. The molecule has 0 saturated carbocycles. The van der Waals surface area contributed by atoms with E-state index in [2.05, 4.69) is 41.5 Å². The molecule has 1 N–H and O–H groups in total. The fourth-order valence-corrected chi connectivity index (χ4v) is 2.39. The Bertz CT molecular complexity index is 421. The first-order valence-corrected chi connectivity index (χ1v) is 6.17. The predicted octanol–water partition coefficient (Wildman–Crippen LogP) is 1.83. The normalized spacial score (nSPS) is 12.9. The molecule has 2 heterocycles. The monoisotopic (exact) mass is 236 g/mol. The minimum absolute atomic E-state index is 0.415. The highest BCUT2D eigenvalue weighted by Gasteiger charge is 2.03. The first kappa shape index (κ1) is 11.3. The van der Waals surface area contributed by atoms with E-state index in [4.69, 9.17) is 0 Å². The number of nitrogens with one attached hydrogen (secondary N) is 1. The van der Waals surface area contributed by atoms with E-state index in [1.54, 1.807) is 12.7 Å². The van der Waals surface area contributed by atoms with Crippen LogP contribution in [0.4, 0.5) is 0 Å². The number of nitrogens with zero attached hydrogens (tertiary/aromatic N) is 3. The maximum Gasteiger partial charge on any atom is 0.119 e. The highest BCUT2D eigenvalue weighted by Crippen LogP contribution is 2.14. The van der Waals surface area contributed by atoms with Gasteiger partial charge in [-0.3, -0.25) is 0 Å². The number of aryl methyl sites for hydroxylation is 1. The summed E-state index contributed by atoms with van der Waals surface area (Å²) in [5.41, 5.74) is 0. The van der Waals surface area contributed by atoms with E-state index in [9.17, 15) is 0 Å². The van der Waals surface area contributed by atoms with Gasteiger partial charge in [0.05, 0.1) is 0 Å². The molecule has 1 atom stereocenters. The van der Waals surface area contributed by atoms with Crippen molar-refractivity contribution in [2.24, 2.45) is 0 Å². The number of thiophene rings is 1. The van der Waals surface area contributed by atoms with Crippen LogP contribution >= 0.6 is 11.3 Å². The van der Waals surface area contributed by atoms with Gasteiger partial charge in [0.25, 0.3) is 0 Å². The molecule has 0 amide bonds. The second-order valence-corrected chi connectivity index (χ2v) is 5.33. The minimum Gasteiger partial charge on any atom is -0.319 e. The molecule has 0 bridgehead atoms. The van der Waals surface area contributed by atoms with Crippen LogP contribution in [0.3, 0.4) is 0 Å². The van der Waals surface area contributed by atoms with Gasteiger partial charge in [0.15, 0.2) is 0 Å². The van der Waals surface area contributed by atoms with Gasteiger partial charge in [0.1, 0.15) is 12.7 Å². The Morgan fingerprint density at radius 2 is 2.12 bits per heavy atom. The Labute approximate surface area is 99.3 Å². The molecule has 2 rings (SSSR count). The summed E-state index contributed by atoms with van der Waals surface area (Å²) in [4.78, 5) is 2.75. The fourth-order valence-electron chi connectivity index (χ4n) is 1.55. The standard InChI is InChI=1S/C11H16N4S/c1-9(6-15-7-13-14-8-15)12-5-11-4-3-10(2)16-11/h3-4,7-9,12H,5-6H2,1-2H3. The zero-order chi connectivity index (χ0) is 11.4. The Kier molecular flexibility index (Phi) is 3.69. The summed E-state index contributed by atoms with van der Waals surface area (Å²) < 4.78 is 1.98. The minimum atomic E-state index is 0.415. The smallest absolute Gasteiger partial charge is 0.119 e. The van der Waals surface area contributed by atoms with Gasteiger partial charge in [-0.1, -0.05) is 0 Å². The lowest BCUT2D eigenvalue weighted by Gasteiger charge is -2.12. The number of rotatable bonds is 5. The van der Waals surface area contributed by atoms with Gasteiger partial charge in [-0.15, -0.1) is 21.5 Å². The van der Waals surface area contributed by atoms with Gasteiger partial charge in [0, 0.05) is 28.9 Å². The van der Waals surface area contributed by atoms with Crippen LogP contribution < -0.4 is 5.32 Å². The molecule has 2 aromatic heterocycles. The number of hydrogen-bond donors (Lipinski definition) is 1. The lowest BCUT2D eigenvalue weighted by molar-refractivity contribution is 0.477. The largest absolute Gasteiger partial charge is 0.319 e. The summed E-state index contributed by atoms with van der Waals surface area (Å²) >= 11 is 1.84. The molecule has 16 heavy (non-hydrogen) atoms. The molecule has 1 unspecified atom stereocenters. The lowest BCUT2D eigenvalue weighted by atomic mass is 10.3. The van der Waals surface area contributed by atoms with E-state index in [0.29, 0.717) is 6.04 Å². The van der Waals surface area contributed by atoms with Crippen LogP contribution in [-0.4, -0.2) is 20.8 Å². The molecule has 0 fully saturated rings. The van der Waals surface area contributed by atoms with E-state index < -0.39 is 0 Å². The second kappa shape index (κ2) is 5.23. The van der Waals surface area contributed by atoms with Gasteiger partial charge >= 0.3 is 0 Å². The lowest BCUT2D eigenvalue weighted by Crippen LogP contribution is -2.29. The molecular weight excluding hydrogens is 220 g/mol. The molecular formula is C11H16N4S. The maximum absolute atomic E-state index is 3.78. The van der Waals surface area contributed by atoms with Gasteiger partial charge < -0.3 is 9.88 Å². The van der Waals surface area contributed by atoms with Crippen molar-refractivity contribution in [3.8, 4) is 0 Å². The van der Waals surface area contributed by atoms with Crippen LogP contribution in [0.5, 0.6) is 0 Å². The van der Waals surface area contributed by atoms with Crippen LogP contribution in [0, 0.1) is 6.92 Å². The fraction of sp³-hybridized carbons (Fsp3) is 0.455. The van der Waals surface area contributed by atoms with Crippen molar-refractivity contribution >= 4 is 11.3 Å². The molecule has 0 aliphatic rings. The molecule has 86 valence electrons. The first-order chi connectivity index (χ1) is 7.74. The molecule has 4 nitrogen and oxygen atoms in total. The summed E-state index contributed by atoms with van der Waals surface area (Å²) in [7, 11) is 0. The van der Waals surface area contributed by atoms with Crippen LogP contribution in [0.1, 0.15) is 16.7 Å². The molecule has 0 aliphatic heterocycles. The predicted molar refractivity (Wildman–Crippen MR) is 65.4 cm³/mol. The number of aromatic nitrogens is 3. The Morgan fingerprint density at radius 3 is 2.75 bits per heavy atom. The average molecular weight is 236 g/mol. The van der Waals surface area contributed by atoms with Gasteiger partial charge in [-0.25, -0.2) is 0 Å². The topological polar surface area (TPSA) is 42.7 Å². The SMILES string of the molecule is Cc1ccc(CNC(C)Cn2cnnc2)s1. The van der Waals surface area contributed by atoms with Crippen molar-refractivity contribution in [2.75, 3.05) is 0 Å². The van der Waals surface area contributed by atoms with Crippen molar-refractivity contribution in [3.05, 3.63) is 34.5 Å². The average Bonchev–Trinajstić information content (AvgIpc) is 2.87. The van der Waals surface area contributed by atoms with Crippen LogP contribution in [0.2, 0.25) is 0 Å². The third-order valence-electron chi connectivity index (χ3n) is 2.37. The highest BCUT2D eigenvalue weighted by atomic mass is 32.1. The van der Waals surface area contributed by atoms with E-state index in [0.717, 1.165) is 13.1 Å². The van der Waals surface area contributed by atoms with Gasteiger partial charge in [0.2, 0.25) is 0 Å². The third kappa shape index (κ3) is 3.15. The molecule has 5 heteroatoms. The van der Waals surface area contributed by atoms with E-state index in [1.807, 2.05) is 15.9 Å². The maximum atomic E-state index is 3.78. The Morgan fingerprint density at radius 1 is 1.38 bits per heavy atom. The number of hydrogen-bond acceptors (Lipinski definition) is 4. The van der Waals surface area contributed by atoms with E-state index in [-0.39, 0.29) is 0 Å².